The van der Waals surface area contributed by atoms with Gasteiger partial charge in [-0.05, 0) is 48.2 Å². The topological polar surface area (TPSA) is 47.6 Å². The molecule has 0 aromatic heterocycles. The predicted molar refractivity (Wildman–Crippen MR) is 97.9 cm³/mol. The highest BCUT2D eigenvalue weighted by molar-refractivity contribution is 5.89. The van der Waals surface area contributed by atoms with E-state index in [9.17, 15) is 4.79 Å². The third kappa shape index (κ3) is 4.88. The smallest absolute Gasteiger partial charge is 0.216 e. The molecule has 2 aromatic rings. The number of carbonyl (C=O) groups is 1. The van der Waals surface area contributed by atoms with Gasteiger partial charge in [0.25, 0.3) is 0 Å². The van der Waals surface area contributed by atoms with Crippen molar-refractivity contribution >= 4 is 16.7 Å². The molecular formula is C20H27NO3. The quantitative estimate of drug-likeness (QED) is 0.753. The minimum absolute atomic E-state index is 0.0125. The second-order valence-electron chi connectivity index (χ2n) is 5.86. The summed E-state index contributed by atoms with van der Waals surface area (Å²) in [4.78, 5) is 11.1. The Morgan fingerprint density at radius 3 is 2.50 bits per heavy atom. The first-order chi connectivity index (χ1) is 11.7. The van der Waals surface area contributed by atoms with Crippen LogP contribution < -0.4 is 14.8 Å². The van der Waals surface area contributed by atoms with Gasteiger partial charge in [0.05, 0.1) is 13.2 Å². The number of benzene rings is 2. The van der Waals surface area contributed by atoms with Crippen molar-refractivity contribution < 1.29 is 14.3 Å². The van der Waals surface area contributed by atoms with E-state index in [1.54, 1.807) is 0 Å². The van der Waals surface area contributed by atoms with Crippen molar-refractivity contribution in [1.82, 2.24) is 5.32 Å². The number of amides is 1. The Bertz CT molecular complexity index is 682. The van der Waals surface area contributed by atoms with E-state index in [2.05, 4.69) is 37.4 Å². The van der Waals surface area contributed by atoms with Crippen LogP contribution in [0.2, 0.25) is 0 Å². The van der Waals surface area contributed by atoms with E-state index in [0.717, 1.165) is 53.7 Å². The molecule has 2 aromatic carbocycles. The van der Waals surface area contributed by atoms with Crippen LogP contribution in [-0.4, -0.2) is 25.7 Å². The average molecular weight is 329 g/mol. The van der Waals surface area contributed by atoms with Crippen LogP contribution in [0.25, 0.3) is 10.8 Å². The van der Waals surface area contributed by atoms with Gasteiger partial charge in [0.2, 0.25) is 5.91 Å². The van der Waals surface area contributed by atoms with Crippen molar-refractivity contribution in [3.05, 3.63) is 35.9 Å². The fraction of sp³-hybridized carbons (Fsp3) is 0.450. The van der Waals surface area contributed by atoms with Gasteiger partial charge in [-0.2, -0.15) is 0 Å². The average Bonchev–Trinajstić information content (AvgIpc) is 2.58. The van der Waals surface area contributed by atoms with Crippen LogP contribution >= 0.6 is 0 Å². The molecule has 0 bridgehead atoms. The van der Waals surface area contributed by atoms with Crippen molar-refractivity contribution in [2.24, 2.45) is 0 Å². The van der Waals surface area contributed by atoms with Gasteiger partial charge in [-0.3, -0.25) is 4.79 Å². The van der Waals surface area contributed by atoms with Gasteiger partial charge in [-0.15, -0.1) is 0 Å². The van der Waals surface area contributed by atoms with Crippen molar-refractivity contribution in [2.45, 2.75) is 40.0 Å². The van der Waals surface area contributed by atoms with E-state index >= 15 is 0 Å². The Morgan fingerprint density at radius 2 is 1.79 bits per heavy atom. The Labute approximate surface area is 144 Å². The lowest BCUT2D eigenvalue weighted by atomic mass is 10.0. The fourth-order valence-corrected chi connectivity index (χ4v) is 2.63. The van der Waals surface area contributed by atoms with E-state index in [1.165, 1.54) is 6.92 Å². The summed E-state index contributed by atoms with van der Waals surface area (Å²) in [5, 5.41) is 5.14. The molecule has 0 spiro atoms. The lowest BCUT2D eigenvalue weighted by molar-refractivity contribution is -0.118. The number of nitrogens with one attached hydrogen (secondary N) is 1. The predicted octanol–water partition coefficient (Wildman–Crippen LogP) is 4.10. The van der Waals surface area contributed by atoms with Crippen LogP contribution in [0.4, 0.5) is 0 Å². The van der Waals surface area contributed by atoms with E-state index < -0.39 is 0 Å². The molecule has 0 atom stereocenters. The van der Waals surface area contributed by atoms with Crippen LogP contribution in [0, 0.1) is 0 Å². The molecule has 0 aliphatic rings. The van der Waals surface area contributed by atoms with E-state index in [-0.39, 0.29) is 5.91 Å². The standard InChI is InChI=1S/C20H27NO3/c1-4-12-23-17-7-8-18-16(14-17)6-9-20(24-13-5-2)19(18)10-11-21-15(3)22/h6-9,14H,4-5,10-13H2,1-3H3,(H,21,22). The minimum atomic E-state index is -0.0125. The molecule has 0 saturated carbocycles. The summed E-state index contributed by atoms with van der Waals surface area (Å²) in [7, 11) is 0. The largest absolute Gasteiger partial charge is 0.494 e. The summed E-state index contributed by atoms with van der Waals surface area (Å²) in [6.07, 6.45) is 2.70. The first kappa shape index (κ1) is 18.1. The lowest BCUT2D eigenvalue weighted by Gasteiger charge is -2.15. The van der Waals surface area contributed by atoms with Gasteiger partial charge in [-0.1, -0.05) is 26.0 Å². The molecule has 24 heavy (non-hydrogen) atoms. The van der Waals surface area contributed by atoms with Crippen molar-refractivity contribution in [3.8, 4) is 11.5 Å². The summed E-state index contributed by atoms with van der Waals surface area (Å²) >= 11 is 0. The van der Waals surface area contributed by atoms with E-state index in [4.69, 9.17) is 9.47 Å². The van der Waals surface area contributed by atoms with Crippen LogP contribution in [-0.2, 0) is 11.2 Å². The summed E-state index contributed by atoms with van der Waals surface area (Å²) in [5.41, 5.74) is 1.14. The number of ether oxygens (including phenoxy) is 2. The molecule has 1 N–H and O–H groups in total. The van der Waals surface area contributed by atoms with Gasteiger partial charge >= 0.3 is 0 Å². The summed E-state index contributed by atoms with van der Waals surface area (Å²) < 4.78 is 11.6. The van der Waals surface area contributed by atoms with Gasteiger partial charge in [0, 0.05) is 19.0 Å². The fourth-order valence-electron chi connectivity index (χ4n) is 2.63. The van der Waals surface area contributed by atoms with Crippen molar-refractivity contribution in [3.63, 3.8) is 0 Å². The van der Waals surface area contributed by atoms with Crippen molar-refractivity contribution in [1.29, 1.82) is 0 Å². The van der Waals surface area contributed by atoms with Gasteiger partial charge in [0.1, 0.15) is 11.5 Å². The monoisotopic (exact) mass is 329 g/mol. The maximum Gasteiger partial charge on any atom is 0.216 e. The Morgan fingerprint density at radius 1 is 1.04 bits per heavy atom. The lowest BCUT2D eigenvalue weighted by Crippen LogP contribution is -2.22. The van der Waals surface area contributed by atoms with Crippen LogP contribution in [0.5, 0.6) is 11.5 Å². The second-order valence-corrected chi connectivity index (χ2v) is 5.86. The maximum absolute atomic E-state index is 11.1. The molecule has 0 fully saturated rings. The maximum atomic E-state index is 11.1. The minimum Gasteiger partial charge on any atom is -0.494 e. The molecule has 0 unspecified atom stereocenters. The molecular weight excluding hydrogens is 302 g/mol. The Kier molecular flexibility index (Phi) is 6.91. The zero-order chi connectivity index (χ0) is 17.4. The SMILES string of the molecule is CCCOc1ccc2c(CCNC(C)=O)c(OCCC)ccc2c1. The molecule has 0 aliphatic carbocycles. The van der Waals surface area contributed by atoms with Crippen molar-refractivity contribution in [2.75, 3.05) is 19.8 Å². The normalized spacial score (nSPS) is 10.6. The highest BCUT2D eigenvalue weighted by atomic mass is 16.5. The number of rotatable bonds is 9. The number of fused-ring (bicyclic) bond motifs is 1. The molecule has 0 radical (unpaired) electrons. The van der Waals surface area contributed by atoms with Gasteiger partial charge in [0.15, 0.2) is 0 Å². The third-order valence-electron chi connectivity index (χ3n) is 3.74. The van der Waals surface area contributed by atoms with E-state index in [1.807, 2.05) is 12.1 Å². The summed E-state index contributed by atoms with van der Waals surface area (Å²) in [5.74, 6) is 1.78. The molecule has 2 rings (SSSR count). The molecule has 1 amide bonds. The number of hydrogen-bond acceptors (Lipinski definition) is 3. The van der Waals surface area contributed by atoms with Gasteiger partial charge < -0.3 is 14.8 Å². The second kappa shape index (κ2) is 9.16. The third-order valence-corrected chi connectivity index (χ3v) is 3.74. The first-order valence-electron chi connectivity index (χ1n) is 8.71. The van der Waals surface area contributed by atoms with Crippen LogP contribution in [0.15, 0.2) is 30.3 Å². The molecule has 0 saturated heterocycles. The first-order valence-corrected chi connectivity index (χ1v) is 8.71. The summed E-state index contributed by atoms with van der Waals surface area (Å²) in [6.45, 7) is 7.74. The molecule has 130 valence electrons. The molecule has 0 aliphatic heterocycles. The molecule has 4 heteroatoms. The summed E-state index contributed by atoms with van der Waals surface area (Å²) in [6, 6.07) is 10.2. The Hall–Kier alpha value is -2.23. The Balaban J connectivity index is 2.32. The highest BCUT2D eigenvalue weighted by Crippen LogP contribution is 2.31. The van der Waals surface area contributed by atoms with Gasteiger partial charge in [-0.25, -0.2) is 0 Å². The molecule has 4 nitrogen and oxygen atoms in total. The van der Waals surface area contributed by atoms with E-state index in [0.29, 0.717) is 13.2 Å². The van der Waals surface area contributed by atoms with Crippen LogP contribution in [0.3, 0.4) is 0 Å². The zero-order valence-corrected chi connectivity index (χ0v) is 14.9. The molecule has 0 heterocycles. The zero-order valence-electron chi connectivity index (χ0n) is 14.9. The highest BCUT2D eigenvalue weighted by Gasteiger charge is 2.10. The number of carbonyl (C=O) groups excluding carboxylic acids is 1. The van der Waals surface area contributed by atoms with Crippen LogP contribution in [0.1, 0.15) is 39.2 Å². The number of hydrogen-bond donors (Lipinski definition) is 1.